The van der Waals surface area contributed by atoms with Crippen LogP contribution in [0.5, 0.6) is 11.8 Å². The molecular formula is C8H9NO2. The summed E-state index contributed by atoms with van der Waals surface area (Å²) in [5.41, 5.74) is 0. The molecule has 0 bridgehead atoms. The lowest BCUT2D eigenvalue weighted by Crippen LogP contribution is -1.81. The summed E-state index contributed by atoms with van der Waals surface area (Å²) < 4.78 is 1.24. The van der Waals surface area contributed by atoms with Crippen LogP contribution in [0.1, 0.15) is 0 Å². The number of rotatable bonds is 2. The molecule has 1 aromatic heterocycles. The van der Waals surface area contributed by atoms with Gasteiger partial charge >= 0.3 is 0 Å². The Bertz CT molecular complexity index is 267. The Morgan fingerprint density at radius 1 is 1.27 bits per heavy atom. The van der Waals surface area contributed by atoms with Gasteiger partial charge < -0.3 is 10.2 Å². The van der Waals surface area contributed by atoms with E-state index in [4.69, 9.17) is 10.2 Å². The first-order valence-corrected chi connectivity index (χ1v) is 3.14. The highest BCUT2D eigenvalue weighted by Gasteiger charge is 1.99. The Morgan fingerprint density at radius 3 is 2.27 bits per heavy atom. The molecule has 0 unspecified atom stereocenters. The van der Waals surface area contributed by atoms with Crippen LogP contribution in [0.4, 0.5) is 0 Å². The minimum absolute atomic E-state index is 0.000556. The third kappa shape index (κ3) is 1.43. The van der Waals surface area contributed by atoms with Gasteiger partial charge in [-0.15, -0.1) is 0 Å². The summed E-state index contributed by atoms with van der Waals surface area (Å²) in [6.45, 7) is 3.46. The maximum Gasteiger partial charge on any atom is 0.198 e. The van der Waals surface area contributed by atoms with Gasteiger partial charge in [-0.2, -0.15) is 0 Å². The van der Waals surface area contributed by atoms with E-state index in [1.807, 2.05) is 0 Å². The number of nitrogens with zero attached hydrogens (tertiary/aromatic N) is 1. The van der Waals surface area contributed by atoms with Gasteiger partial charge in [0.15, 0.2) is 11.8 Å². The minimum atomic E-state index is 0.000556. The predicted octanol–water partition coefficient (Wildman–Crippen LogP) is 1.56. The highest BCUT2D eigenvalue weighted by atomic mass is 16.3. The topological polar surface area (TPSA) is 45.4 Å². The zero-order valence-corrected chi connectivity index (χ0v) is 5.94. The first-order chi connectivity index (χ1) is 5.25. The normalized spacial score (nSPS) is 10.5. The predicted molar refractivity (Wildman–Crippen MR) is 43.3 cm³/mol. The lowest BCUT2D eigenvalue weighted by Gasteiger charge is -1.96. The standard InChI is InChI=1S/C8H9NO2/c1-2-3-6-9-7(10)4-5-8(9)11/h2-6,10-11H,1H2. The Kier molecular flexibility index (Phi) is 2.01. The quantitative estimate of drug-likeness (QED) is 0.630. The van der Waals surface area contributed by atoms with Gasteiger partial charge in [-0.05, 0) is 6.08 Å². The molecule has 1 aromatic rings. The lowest BCUT2D eigenvalue weighted by molar-refractivity contribution is 0.408. The minimum Gasteiger partial charge on any atom is -0.494 e. The van der Waals surface area contributed by atoms with Gasteiger partial charge in [0.1, 0.15) is 0 Å². The van der Waals surface area contributed by atoms with E-state index in [1.165, 1.54) is 22.9 Å². The number of hydrogen-bond donors (Lipinski definition) is 2. The van der Waals surface area contributed by atoms with E-state index in [0.717, 1.165) is 0 Å². The molecule has 0 aliphatic rings. The van der Waals surface area contributed by atoms with Crippen molar-refractivity contribution in [1.82, 2.24) is 4.57 Å². The van der Waals surface area contributed by atoms with Crippen LogP contribution in [0.2, 0.25) is 0 Å². The third-order valence-electron chi connectivity index (χ3n) is 1.25. The number of hydrogen-bond acceptors (Lipinski definition) is 2. The van der Waals surface area contributed by atoms with Gasteiger partial charge in [-0.3, -0.25) is 4.57 Å². The van der Waals surface area contributed by atoms with Gasteiger partial charge in [-0.1, -0.05) is 12.7 Å². The highest BCUT2D eigenvalue weighted by molar-refractivity contribution is 5.39. The molecule has 0 fully saturated rings. The SMILES string of the molecule is C=CC=Cn1c(O)ccc1O. The average Bonchev–Trinajstić information content (AvgIpc) is 2.29. The van der Waals surface area contributed by atoms with Crippen molar-refractivity contribution >= 4 is 6.20 Å². The fourth-order valence-electron chi connectivity index (χ4n) is 0.727. The summed E-state index contributed by atoms with van der Waals surface area (Å²) in [5.74, 6) is 0.00111. The molecule has 3 nitrogen and oxygen atoms in total. The summed E-state index contributed by atoms with van der Waals surface area (Å²) in [6.07, 6.45) is 4.68. The van der Waals surface area contributed by atoms with Gasteiger partial charge in [0, 0.05) is 18.3 Å². The van der Waals surface area contributed by atoms with Crippen molar-refractivity contribution in [2.45, 2.75) is 0 Å². The van der Waals surface area contributed by atoms with Crippen molar-refractivity contribution in [2.75, 3.05) is 0 Å². The molecule has 0 saturated heterocycles. The molecule has 0 saturated carbocycles. The molecule has 0 aliphatic heterocycles. The van der Waals surface area contributed by atoms with E-state index < -0.39 is 0 Å². The number of allylic oxidation sites excluding steroid dienone is 2. The van der Waals surface area contributed by atoms with Crippen LogP contribution < -0.4 is 0 Å². The molecule has 58 valence electrons. The molecule has 3 heteroatoms. The molecule has 0 amide bonds. The van der Waals surface area contributed by atoms with Crippen molar-refractivity contribution in [1.29, 1.82) is 0 Å². The summed E-state index contributed by atoms with van der Waals surface area (Å²) in [4.78, 5) is 0. The first-order valence-electron chi connectivity index (χ1n) is 3.14. The Labute approximate surface area is 64.5 Å². The second-order valence-electron chi connectivity index (χ2n) is 2.00. The third-order valence-corrected chi connectivity index (χ3v) is 1.25. The zero-order chi connectivity index (χ0) is 8.27. The molecule has 0 spiro atoms. The number of aromatic hydroxyl groups is 2. The molecule has 0 aliphatic carbocycles. The first kappa shape index (κ1) is 7.47. The van der Waals surface area contributed by atoms with Crippen molar-refractivity contribution < 1.29 is 10.2 Å². The van der Waals surface area contributed by atoms with Crippen LogP contribution >= 0.6 is 0 Å². The molecule has 1 heterocycles. The van der Waals surface area contributed by atoms with Crippen LogP contribution in [0.25, 0.3) is 6.20 Å². The van der Waals surface area contributed by atoms with Crippen LogP contribution in [-0.2, 0) is 0 Å². The summed E-state index contributed by atoms with van der Waals surface area (Å²) >= 11 is 0. The molecule has 2 N–H and O–H groups in total. The van der Waals surface area contributed by atoms with Crippen LogP contribution in [0, 0.1) is 0 Å². The van der Waals surface area contributed by atoms with Crippen LogP contribution in [0.15, 0.2) is 30.9 Å². The van der Waals surface area contributed by atoms with Crippen molar-refractivity contribution in [3.8, 4) is 11.8 Å². The molecule has 11 heavy (non-hydrogen) atoms. The van der Waals surface area contributed by atoms with E-state index in [1.54, 1.807) is 12.2 Å². The molecule has 0 atom stereocenters. The largest absolute Gasteiger partial charge is 0.494 e. The second kappa shape index (κ2) is 2.96. The monoisotopic (exact) mass is 151 g/mol. The van der Waals surface area contributed by atoms with Gasteiger partial charge in [0.05, 0.1) is 0 Å². The Morgan fingerprint density at radius 2 is 1.82 bits per heavy atom. The lowest BCUT2D eigenvalue weighted by atomic mass is 10.6. The molecular weight excluding hydrogens is 142 g/mol. The van der Waals surface area contributed by atoms with Gasteiger partial charge in [-0.25, -0.2) is 0 Å². The van der Waals surface area contributed by atoms with E-state index in [0.29, 0.717) is 0 Å². The molecule has 1 rings (SSSR count). The van der Waals surface area contributed by atoms with E-state index in [-0.39, 0.29) is 11.8 Å². The van der Waals surface area contributed by atoms with Crippen molar-refractivity contribution in [3.05, 3.63) is 30.9 Å². The summed E-state index contributed by atoms with van der Waals surface area (Å²) in [7, 11) is 0. The van der Waals surface area contributed by atoms with E-state index in [2.05, 4.69) is 6.58 Å². The Balaban J connectivity index is 3.00. The zero-order valence-electron chi connectivity index (χ0n) is 5.94. The van der Waals surface area contributed by atoms with Crippen LogP contribution in [0.3, 0.4) is 0 Å². The van der Waals surface area contributed by atoms with Crippen molar-refractivity contribution in [3.63, 3.8) is 0 Å². The highest BCUT2D eigenvalue weighted by Crippen LogP contribution is 2.20. The summed E-state index contributed by atoms with van der Waals surface area (Å²) in [5, 5.41) is 18.2. The van der Waals surface area contributed by atoms with E-state index >= 15 is 0 Å². The Hall–Kier alpha value is -1.64. The maximum atomic E-state index is 9.08. The molecule has 0 radical (unpaired) electrons. The summed E-state index contributed by atoms with van der Waals surface area (Å²) in [6, 6.07) is 2.81. The average molecular weight is 151 g/mol. The van der Waals surface area contributed by atoms with Crippen LogP contribution in [-0.4, -0.2) is 14.8 Å². The van der Waals surface area contributed by atoms with Gasteiger partial charge in [0.25, 0.3) is 0 Å². The number of aromatic nitrogens is 1. The molecule has 0 aromatic carbocycles. The second-order valence-corrected chi connectivity index (χ2v) is 2.00. The smallest absolute Gasteiger partial charge is 0.198 e. The maximum absolute atomic E-state index is 9.08. The van der Waals surface area contributed by atoms with Gasteiger partial charge in [0.2, 0.25) is 0 Å². The van der Waals surface area contributed by atoms with E-state index in [9.17, 15) is 0 Å². The fourth-order valence-corrected chi connectivity index (χ4v) is 0.727. The van der Waals surface area contributed by atoms with Crippen molar-refractivity contribution in [2.24, 2.45) is 0 Å². The fraction of sp³-hybridized carbons (Fsp3) is 0.